The molecule has 1 aliphatic rings. The highest BCUT2D eigenvalue weighted by atomic mass is 127. The molecule has 7 heteroatoms. The summed E-state index contributed by atoms with van der Waals surface area (Å²) < 4.78 is 7.62. The van der Waals surface area contributed by atoms with Gasteiger partial charge in [0.2, 0.25) is 5.95 Å². The fourth-order valence-corrected chi connectivity index (χ4v) is 2.35. The van der Waals surface area contributed by atoms with Crippen molar-refractivity contribution in [2.45, 2.75) is 24.5 Å². The van der Waals surface area contributed by atoms with Crippen LogP contribution in [0.3, 0.4) is 0 Å². The smallest absolute Gasteiger partial charge is 0.202 e. The van der Waals surface area contributed by atoms with E-state index in [0.29, 0.717) is 4.43 Å². The summed E-state index contributed by atoms with van der Waals surface area (Å²) in [7, 11) is 0. The fourth-order valence-electron chi connectivity index (χ4n) is 1.63. The molecular formula is C8H12IN3O3. The predicted molar refractivity (Wildman–Crippen MR) is 61.5 cm³/mol. The molecule has 0 aromatic carbocycles. The Kier molecular flexibility index (Phi) is 3.14. The Bertz CT molecular complexity index is 346. The van der Waals surface area contributed by atoms with E-state index in [1.165, 1.54) is 10.8 Å². The molecule has 0 aliphatic carbocycles. The summed E-state index contributed by atoms with van der Waals surface area (Å²) in [5.41, 5.74) is 5.59. The molecule has 1 aromatic rings. The number of aromatic nitrogens is 2. The summed E-state index contributed by atoms with van der Waals surface area (Å²) in [6.45, 7) is 0. The number of alkyl halides is 1. The summed E-state index contributed by atoms with van der Waals surface area (Å²) in [6.07, 6.45) is 0.269. The maximum atomic E-state index is 9.77. The number of nitrogen functional groups attached to an aromatic ring is 1. The topological polar surface area (TPSA) is 93.5 Å². The van der Waals surface area contributed by atoms with Crippen molar-refractivity contribution in [3.05, 3.63) is 12.4 Å². The minimum absolute atomic E-state index is 0.264. The maximum absolute atomic E-state index is 9.77. The molecule has 1 aromatic heterocycles. The summed E-state index contributed by atoms with van der Waals surface area (Å²) in [4.78, 5) is 3.84. The van der Waals surface area contributed by atoms with E-state index in [-0.39, 0.29) is 12.1 Å². The van der Waals surface area contributed by atoms with Crippen molar-refractivity contribution in [2.24, 2.45) is 0 Å². The van der Waals surface area contributed by atoms with Gasteiger partial charge in [0.25, 0.3) is 0 Å². The highest BCUT2D eigenvalue weighted by Crippen LogP contribution is 2.31. The van der Waals surface area contributed by atoms with Gasteiger partial charge in [0.1, 0.15) is 12.2 Å². The summed E-state index contributed by atoms with van der Waals surface area (Å²) in [6, 6.07) is 0. The van der Waals surface area contributed by atoms with Crippen LogP contribution in [0, 0.1) is 0 Å². The zero-order chi connectivity index (χ0) is 11.0. The molecule has 0 spiro atoms. The Morgan fingerprint density at radius 2 is 2.27 bits per heavy atom. The van der Waals surface area contributed by atoms with Crippen molar-refractivity contribution in [3.63, 3.8) is 0 Å². The molecule has 0 bridgehead atoms. The molecule has 2 rings (SSSR count). The number of halogens is 1. The maximum Gasteiger partial charge on any atom is 0.202 e. The van der Waals surface area contributed by atoms with Crippen LogP contribution >= 0.6 is 22.6 Å². The molecule has 1 saturated heterocycles. The lowest BCUT2D eigenvalue weighted by Gasteiger charge is -2.16. The van der Waals surface area contributed by atoms with Gasteiger partial charge in [-0.05, 0) is 0 Å². The lowest BCUT2D eigenvalue weighted by atomic mass is 10.1. The van der Waals surface area contributed by atoms with Gasteiger partial charge >= 0.3 is 0 Å². The number of hydrogen-bond donors (Lipinski definition) is 3. The van der Waals surface area contributed by atoms with Gasteiger partial charge in [-0.1, -0.05) is 22.6 Å². The predicted octanol–water partition coefficient (Wildman–Crippen LogP) is -0.481. The Labute approximate surface area is 100 Å². The first-order chi connectivity index (χ1) is 7.15. The summed E-state index contributed by atoms with van der Waals surface area (Å²) >= 11 is 2.10. The Morgan fingerprint density at radius 3 is 2.73 bits per heavy atom. The van der Waals surface area contributed by atoms with Crippen LogP contribution in [0.1, 0.15) is 6.23 Å². The highest BCUT2D eigenvalue weighted by molar-refractivity contribution is 14.1. The number of hydrogen-bond acceptors (Lipinski definition) is 5. The van der Waals surface area contributed by atoms with Crippen molar-refractivity contribution in [2.75, 3.05) is 10.2 Å². The normalized spacial score (nSPS) is 35.9. The van der Waals surface area contributed by atoms with Crippen LogP contribution in [0.2, 0.25) is 0 Å². The number of imidazole rings is 1. The molecule has 4 atom stereocenters. The van der Waals surface area contributed by atoms with Crippen LogP contribution in [0.25, 0.3) is 0 Å². The number of anilines is 1. The Morgan fingerprint density at radius 1 is 1.53 bits per heavy atom. The van der Waals surface area contributed by atoms with Gasteiger partial charge in [-0.25, -0.2) is 4.98 Å². The number of aliphatic hydroxyl groups excluding tert-OH is 2. The number of ether oxygens (including phenoxy) is 1. The van der Waals surface area contributed by atoms with E-state index < -0.39 is 18.4 Å². The van der Waals surface area contributed by atoms with Gasteiger partial charge in [0.05, 0.1) is 6.10 Å². The third-order valence-electron chi connectivity index (χ3n) is 2.46. The van der Waals surface area contributed by atoms with Crippen molar-refractivity contribution < 1.29 is 14.9 Å². The van der Waals surface area contributed by atoms with Gasteiger partial charge in [0.15, 0.2) is 6.23 Å². The average Bonchev–Trinajstić information content (AvgIpc) is 2.74. The van der Waals surface area contributed by atoms with Crippen molar-refractivity contribution in [3.8, 4) is 0 Å². The molecule has 1 fully saturated rings. The van der Waals surface area contributed by atoms with E-state index in [1.807, 2.05) is 0 Å². The molecule has 0 amide bonds. The first-order valence-electron chi connectivity index (χ1n) is 4.51. The second-order valence-electron chi connectivity index (χ2n) is 3.39. The molecule has 0 saturated carbocycles. The van der Waals surface area contributed by atoms with Crippen molar-refractivity contribution in [1.29, 1.82) is 0 Å². The third-order valence-corrected chi connectivity index (χ3v) is 3.33. The van der Waals surface area contributed by atoms with Crippen molar-refractivity contribution >= 4 is 28.5 Å². The van der Waals surface area contributed by atoms with Gasteiger partial charge in [-0.2, -0.15) is 0 Å². The monoisotopic (exact) mass is 325 g/mol. The number of nitrogens with zero attached hydrogens (tertiary/aromatic N) is 2. The van der Waals surface area contributed by atoms with Crippen molar-refractivity contribution in [1.82, 2.24) is 9.55 Å². The minimum atomic E-state index is -0.971. The second kappa shape index (κ2) is 4.24. The molecule has 0 unspecified atom stereocenters. The van der Waals surface area contributed by atoms with E-state index in [9.17, 15) is 10.2 Å². The molecule has 4 N–H and O–H groups in total. The number of rotatable bonds is 2. The summed E-state index contributed by atoms with van der Waals surface area (Å²) in [5, 5.41) is 19.4. The largest absolute Gasteiger partial charge is 0.387 e. The lowest BCUT2D eigenvalue weighted by molar-refractivity contribution is -0.0291. The standard InChI is InChI=1S/C8H12IN3O3/c9-3-4-5(13)6(14)7(15-4)12-2-1-11-8(12)10/h1-2,4-7,13-14H,3H2,(H2,10,11)/t4-,5-,6+,7-/m1/s1. The lowest BCUT2D eigenvalue weighted by Crippen LogP contribution is -2.32. The Hall–Kier alpha value is -0.380. The van der Waals surface area contributed by atoms with Gasteiger partial charge in [-0.15, -0.1) is 0 Å². The highest BCUT2D eigenvalue weighted by Gasteiger charge is 2.43. The molecular weight excluding hydrogens is 313 g/mol. The van der Waals surface area contributed by atoms with Gasteiger partial charge < -0.3 is 20.7 Å². The molecule has 0 radical (unpaired) electrons. The SMILES string of the molecule is Nc1nccn1[C@@H]1O[C@H](CI)[C@@H](O)[C@@H]1O. The van der Waals surface area contributed by atoms with Crippen LogP contribution < -0.4 is 5.73 Å². The van der Waals surface area contributed by atoms with Gasteiger partial charge in [-0.3, -0.25) is 4.57 Å². The van der Waals surface area contributed by atoms with Gasteiger partial charge in [0, 0.05) is 16.8 Å². The number of aliphatic hydroxyl groups is 2. The van der Waals surface area contributed by atoms with E-state index >= 15 is 0 Å². The van der Waals surface area contributed by atoms with Crippen LogP contribution in [0.4, 0.5) is 5.95 Å². The van der Waals surface area contributed by atoms with E-state index in [2.05, 4.69) is 27.6 Å². The Balaban J connectivity index is 2.22. The molecule has 1 aliphatic heterocycles. The quantitative estimate of drug-likeness (QED) is 0.504. The second-order valence-corrected chi connectivity index (χ2v) is 4.27. The third kappa shape index (κ3) is 1.84. The van der Waals surface area contributed by atoms with Crippen LogP contribution in [-0.4, -0.2) is 42.5 Å². The first kappa shape index (κ1) is 11.1. The van der Waals surface area contributed by atoms with E-state index in [1.54, 1.807) is 6.20 Å². The van der Waals surface area contributed by atoms with Crippen LogP contribution in [0.5, 0.6) is 0 Å². The minimum Gasteiger partial charge on any atom is -0.387 e. The zero-order valence-electron chi connectivity index (χ0n) is 7.82. The molecule has 6 nitrogen and oxygen atoms in total. The zero-order valence-corrected chi connectivity index (χ0v) is 9.98. The average molecular weight is 325 g/mol. The molecule has 84 valence electrons. The van der Waals surface area contributed by atoms with E-state index in [4.69, 9.17) is 10.5 Å². The summed E-state index contributed by atoms with van der Waals surface area (Å²) in [5.74, 6) is 0.264. The molecule has 2 heterocycles. The van der Waals surface area contributed by atoms with Crippen LogP contribution in [0.15, 0.2) is 12.4 Å². The molecule has 15 heavy (non-hydrogen) atoms. The van der Waals surface area contributed by atoms with Crippen LogP contribution in [-0.2, 0) is 4.74 Å². The fraction of sp³-hybridized carbons (Fsp3) is 0.625. The van der Waals surface area contributed by atoms with E-state index in [0.717, 1.165) is 0 Å². The first-order valence-corrected chi connectivity index (χ1v) is 6.03. The number of nitrogens with two attached hydrogens (primary N) is 1.